The largest absolute Gasteiger partial charge is 0.399 e. The minimum atomic E-state index is -3.99. The Balaban J connectivity index is 2.38. The normalized spacial score (nSPS) is 18.6. The number of ether oxygens (including phenoxy) is 1. The van der Waals surface area contributed by atoms with E-state index in [-0.39, 0.29) is 22.8 Å². The molecule has 1 aliphatic heterocycles. The number of aliphatic hydroxyl groups is 1. The van der Waals surface area contributed by atoms with Gasteiger partial charge in [0, 0.05) is 24.5 Å². The first kappa shape index (κ1) is 16.2. The maximum atomic E-state index is 13.7. The molecule has 0 amide bonds. The zero-order valence-corrected chi connectivity index (χ0v) is 12.5. The molecule has 118 valence electrons. The number of sulfonamides is 1. The first-order chi connectivity index (χ1) is 9.80. The Kier molecular flexibility index (Phi) is 4.52. The molecule has 0 aliphatic carbocycles. The number of nitrogens with two attached hydrogens (primary N) is 1. The summed E-state index contributed by atoms with van der Waals surface area (Å²) in [6, 6.07) is 2.29. The van der Waals surface area contributed by atoms with Crippen LogP contribution in [0.15, 0.2) is 17.0 Å². The third kappa shape index (κ3) is 3.34. The summed E-state index contributed by atoms with van der Waals surface area (Å²) in [5, 5.41) is 9.55. The second-order valence-corrected chi connectivity index (χ2v) is 6.93. The van der Waals surface area contributed by atoms with Gasteiger partial charge in [-0.3, -0.25) is 0 Å². The first-order valence-corrected chi connectivity index (χ1v) is 8.06. The van der Waals surface area contributed by atoms with E-state index in [1.165, 1.54) is 13.0 Å². The molecule has 1 aromatic rings. The predicted molar refractivity (Wildman–Crippen MR) is 75.7 cm³/mol. The van der Waals surface area contributed by atoms with Crippen LogP contribution in [0.5, 0.6) is 0 Å². The van der Waals surface area contributed by atoms with Crippen LogP contribution in [0.25, 0.3) is 0 Å². The van der Waals surface area contributed by atoms with Gasteiger partial charge in [0.25, 0.3) is 0 Å². The topological polar surface area (TPSA) is 102 Å². The van der Waals surface area contributed by atoms with E-state index in [9.17, 15) is 17.9 Å². The van der Waals surface area contributed by atoms with Crippen molar-refractivity contribution in [3.63, 3.8) is 0 Å². The van der Waals surface area contributed by atoms with E-state index in [0.717, 1.165) is 6.07 Å². The summed E-state index contributed by atoms with van der Waals surface area (Å²) < 4.78 is 46.4. The van der Waals surface area contributed by atoms with Gasteiger partial charge in [-0.05, 0) is 31.9 Å². The molecule has 0 radical (unpaired) electrons. The molecule has 4 N–H and O–H groups in total. The highest BCUT2D eigenvalue weighted by Crippen LogP contribution is 2.26. The van der Waals surface area contributed by atoms with E-state index in [1.807, 2.05) is 0 Å². The molecule has 1 saturated heterocycles. The fourth-order valence-corrected chi connectivity index (χ4v) is 4.09. The molecule has 1 aliphatic rings. The number of nitrogens with one attached hydrogen (secondary N) is 1. The Hall–Kier alpha value is -1.22. The van der Waals surface area contributed by atoms with Crippen molar-refractivity contribution in [3.8, 4) is 0 Å². The van der Waals surface area contributed by atoms with E-state index in [0.29, 0.717) is 26.1 Å². The van der Waals surface area contributed by atoms with Crippen LogP contribution < -0.4 is 10.5 Å². The second kappa shape index (κ2) is 5.88. The first-order valence-electron chi connectivity index (χ1n) is 6.58. The lowest BCUT2D eigenvalue weighted by Gasteiger charge is -2.36. The minimum absolute atomic E-state index is 0.00292. The van der Waals surface area contributed by atoms with Gasteiger partial charge in [0.05, 0.1) is 17.0 Å². The van der Waals surface area contributed by atoms with Gasteiger partial charge >= 0.3 is 0 Å². The van der Waals surface area contributed by atoms with Crippen LogP contribution in [0.1, 0.15) is 18.4 Å². The quantitative estimate of drug-likeness (QED) is 0.703. The molecule has 1 heterocycles. The van der Waals surface area contributed by atoms with Crippen LogP contribution in [-0.2, 0) is 14.8 Å². The van der Waals surface area contributed by atoms with Crippen LogP contribution >= 0.6 is 0 Å². The van der Waals surface area contributed by atoms with E-state index >= 15 is 0 Å². The monoisotopic (exact) mass is 318 g/mol. The maximum Gasteiger partial charge on any atom is 0.241 e. The lowest BCUT2D eigenvalue weighted by Crippen LogP contribution is -2.54. The number of halogens is 1. The van der Waals surface area contributed by atoms with Crippen LogP contribution in [0.4, 0.5) is 10.1 Å². The van der Waals surface area contributed by atoms with Crippen LogP contribution in [-0.4, -0.2) is 38.9 Å². The zero-order chi connectivity index (χ0) is 15.7. The number of nitrogen functional groups attached to an aromatic ring is 1. The zero-order valence-electron chi connectivity index (χ0n) is 11.7. The summed E-state index contributed by atoms with van der Waals surface area (Å²) >= 11 is 0. The molecule has 1 fully saturated rings. The van der Waals surface area contributed by atoms with E-state index < -0.39 is 21.4 Å². The highest BCUT2D eigenvalue weighted by molar-refractivity contribution is 7.89. The van der Waals surface area contributed by atoms with Gasteiger partial charge in [-0.15, -0.1) is 0 Å². The fraction of sp³-hybridized carbons (Fsp3) is 0.538. The number of aliphatic hydroxyl groups excluding tert-OH is 1. The maximum absolute atomic E-state index is 13.7. The van der Waals surface area contributed by atoms with Crippen LogP contribution in [0.3, 0.4) is 0 Å². The third-order valence-electron chi connectivity index (χ3n) is 3.71. The molecule has 0 saturated carbocycles. The molecular formula is C13H19FN2O4S. The summed E-state index contributed by atoms with van der Waals surface area (Å²) in [5.74, 6) is -0.680. The molecule has 0 bridgehead atoms. The van der Waals surface area contributed by atoms with Gasteiger partial charge in [-0.25, -0.2) is 17.5 Å². The second-order valence-electron chi connectivity index (χ2n) is 5.28. The van der Waals surface area contributed by atoms with Gasteiger partial charge in [0.15, 0.2) is 0 Å². The summed E-state index contributed by atoms with van der Waals surface area (Å²) in [6.07, 6.45) is 0.707. The standard InChI is InChI=1S/C13H19FN2O4S/c1-9-11(14)6-10(15)7-12(9)21(18,19)16-13(8-17)2-4-20-5-3-13/h6-7,16-17H,2-5,8,15H2,1H3. The molecule has 2 rings (SSSR count). The summed E-state index contributed by atoms with van der Waals surface area (Å²) in [4.78, 5) is -0.209. The van der Waals surface area contributed by atoms with Gasteiger partial charge in [-0.1, -0.05) is 0 Å². The molecular weight excluding hydrogens is 299 g/mol. The lowest BCUT2D eigenvalue weighted by atomic mass is 9.93. The Labute approximate surface area is 123 Å². The molecule has 0 spiro atoms. The van der Waals surface area contributed by atoms with Crippen molar-refractivity contribution in [1.82, 2.24) is 4.72 Å². The molecule has 8 heteroatoms. The molecule has 1 aromatic carbocycles. The van der Waals surface area contributed by atoms with Gasteiger partial charge < -0.3 is 15.6 Å². The van der Waals surface area contributed by atoms with E-state index in [1.54, 1.807) is 0 Å². The van der Waals surface area contributed by atoms with Crippen LogP contribution in [0.2, 0.25) is 0 Å². The van der Waals surface area contributed by atoms with Gasteiger partial charge in [0.1, 0.15) is 5.82 Å². The van der Waals surface area contributed by atoms with Crippen LogP contribution in [0, 0.1) is 12.7 Å². The van der Waals surface area contributed by atoms with Crippen molar-refractivity contribution in [2.45, 2.75) is 30.2 Å². The highest BCUT2D eigenvalue weighted by atomic mass is 32.2. The average molecular weight is 318 g/mol. The van der Waals surface area contributed by atoms with Crippen molar-refractivity contribution < 1.29 is 22.7 Å². The third-order valence-corrected chi connectivity index (χ3v) is 5.42. The van der Waals surface area contributed by atoms with E-state index in [4.69, 9.17) is 10.5 Å². The van der Waals surface area contributed by atoms with Crippen molar-refractivity contribution in [1.29, 1.82) is 0 Å². The van der Waals surface area contributed by atoms with Crippen molar-refractivity contribution >= 4 is 15.7 Å². The predicted octanol–water partition coefficient (Wildman–Crippen LogP) is 0.536. The highest BCUT2D eigenvalue weighted by Gasteiger charge is 2.37. The summed E-state index contributed by atoms with van der Waals surface area (Å²) in [7, 11) is -3.99. The summed E-state index contributed by atoms with van der Waals surface area (Å²) in [6.45, 7) is 1.74. The van der Waals surface area contributed by atoms with Gasteiger partial charge in [0.2, 0.25) is 10.0 Å². The Morgan fingerprint density at radius 1 is 1.43 bits per heavy atom. The minimum Gasteiger partial charge on any atom is -0.399 e. The number of hydrogen-bond acceptors (Lipinski definition) is 5. The molecule has 0 unspecified atom stereocenters. The molecule has 0 aromatic heterocycles. The Bertz CT molecular complexity index is 627. The molecule has 0 atom stereocenters. The Morgan fingerprint density at radius 3 is 2.62 bits per heavy atom. The number of hydrogen-bond donors (Lipinski definition) is 3. The number of rotatable bonds is 4. The van der Waals surface area contributed by atoms with Crippen molar-refractivity contribution in [2.75, 3.05) is 25.6 Å². The van der Waals surface area contributed by atoms with E-state index in [2.05, 4.69) is 4.72 Å². The van der Waals surface area contributed by atoms with Crippen molar-refractivity contribution in [2.24, 2.45) is 0 Å². The van der Waals surface area contributed by atoms with Crippen molar-refractivity contribution in [3.05, 3.63) is 23.5 Å². The molecule has 6 nitrogen and oxygen atoms in total. The fourth-order valence-electron chi connectivity index (χ4n) is 2.35. The smallest absolute Gasteiger partial charge is 0.241 e. The van der Waals surface area contributed by atoms with Gasteiger partial charge in [-0.2, -0.15) is 0 Å². The molecule has 21 heavy (non-hydrogen) atoms. The lowest BCUT2D eigenvalue weighted by molar-refractivity contribution is 0.0223. The Morgan fingerprint density at radius 2 is 2.05 bits per heavy atom. The summed E-state index contributed by atoms with van der Waals surface area (Å²) in [5.41, 5.74) is 4.57. The number of anilines is 1. The SMILES string of the molecule is Cc1c(F)cc(N)cc1S(=O)(=O)NC1(CO)CCOCC1. The number of benzene rings is 1. The average Bonchev–Trinajstić information content (AvgIpc) is 2.43.